The predicted octanol–water partition coefficient (Wildman–Crippen LogP) is 6.15. The van der Waals surface area contributed by atoms with Gasteiger partial charge in [0.15, 0.2) is 0 Å². The van der Waals surface area contributed by atoms with Crippen LogP contribution in [0.5, 0.6) is 11.5 Å². The Morgan fingerprint density at radius 1 is 1.00 bits per heavy atom. The summed E-state index contributed by atoms with van der Waals surface area (Å²) in [6, 6.07) is 14.6. The van der Waals surface area contributed by atoms with Crippen molar-refractivity contribution in [3.05, 3.63) is 59.2 Å². The van der Waals surface area contributed by atoms with E-state index in [1.54, 1.807) is 0 Å². The zero-order valence-electron chi connectivity index (χ0n) is 15.0. The third-order valence-electron chi connectivity index (χ3n) is 4.21. The first-order valence-corrected chi connectivity index (χ1v) is 8.48. The lowest BCUT2D eigenvalue weighted by Gasteiger charge is -2.30. The van der Waals surface area contributed by atoms with Gasteiger partial charge in [0.05, 0.1) is 5.60 Å². The molecular weight excluding hydrogens is 284 g/mol. The molecule has 2 nitrogen and oxygen atoms in total. The van der Waals surface area contributed by atoms with E-state index in [1.807, 2.05) is 19.1 Å². The van der Waals surface area contributed by atoms with Gasteiger partial charge in [-0.15, -0.1) is 0 Å². The van der Waals surface area contributed by atoms with Crippen molar-refractivity contribution in [2.75, 3.05) is 6.61 Å². The van der Waals surface area contributed by atoms with Crippen LogP contribution in [0.1, 0.15) is 50.3 Å². The average molecular weight is 312 g/mol. The van der Waals surface area contributed by atoms with E-state index in [-0.39, 0.29) is 5.60 Å². The molecule has 0 aliphatic rings. The van der Waals surface area contributed by atoms with Crippen LogP contribution in [0.2, 0.25) is 0 Å². The molecule has 0 spiro atoms. The summed E-state index contributed by atoms with van der Waals surface area (Å²) < 4.78 is 12.2. The summed E-state index contributed by atoms with van der Waals surface area (Å²) >= 11 is 0. The van der Waals surface area contributed by atoms with Crippen LogP contribution < -0.4 is 4.74 Å². The second-order valence-electron chi connectivity index (χ2n) is 6.31. The first-order valence-electron chi connectivity index (χ1n) is 8.48. The quantitative estimate of drug-likeness (QED) is 0.610. The minimum atomic E-state index is -0.259. The van der Waals surface area contributed by atoms with Crippen LogP contribution in [0.25, 0.3) is 0 Å². The molecule has 0 amide bonds. The monoisotopic (exact) mass is 312 g/mol. The molecule has 0 N–H and O–H groups in total. The number of benzene rings is 2. The summed E-state index contributed by atoms with van der Waals surface area (Å²) in [5, 5.41) is 0. The van der Waals surface area contributed by atoms with Crippen LogP contribution in [-0.2, 0) is 10.3 Å². The van der Waals surface area contributed by atoms with Crippen LogP contribution in [-0.4, -0.2) is 6.61 Å². The van der Waals surface area contributed by atoms with Crippen molar-refractivity contribution in [2.24, 2.45) is 0 Å². The fourth-order valence-electron chi connectivity index (χ4n) is 2.93. The third-order valence-corrected chi connectivity index (χ3v) is 4.21. The molecule has 2 rings (SSSR count). The third kappa shape index (κ3) is 4.35. The summed E-state index contributed by atoms with van der Waals surface area (Å²) in [5.41, 5.74) is 3.25. The SMILES string of the molecule is CCCC(C)(OCC)c1cccc(Oc2cc(C)ccc2C)c1. The Labute approximate surface area is 140 Å². The summed E-state index contributed by atoms with van der Waals surface area (Å²) in [6.45, 7) is 11.3. The lowest BCUT2D eigenvalue weighted by atomic mass is 9.91. The van der Waals surface area contributed by atoms with Crippen LogP contribution in [0.3, 0.4) is 0 Å². The largest absolute Gasteiger partial charge is 0.457 e. The van der Waals surface area contributed by atoms with E-state index in [0.717, 1.165) is 29.9 Å². The highest BCUT2D eigenvalue weighted by Crippen LogP contribution is 2.34. The number of hydrogen-bond donors (Lipinski definition) is 0. The van der Waals surface area contributed by atoms with Gasteiger partial charge in [0.25, 0.3) is 0 Å². The molecule has 0 radical (unpaired) electrons. The lowest BCUT2D eigenvalue weighted by molar-refractivity contribution is -0.0364. The highest BCUT2D eigenvalue weighted by atomic mass is 16.5. The van der Waals surface area contributed by atoms with Gasteiger partial charge < -0.3 is 9.47 Å². The Morgan fingerprint density at radius 3 is 2.48 bits per heavy atom. The maximum Gasteiger partial charge on any atom is 0.130 e. The maximum atomic E-state index is 6.13. The molecule has 2 aromatic carbocycles. The molecule has 23 heavy (non-hydrogen) atoms. The van der Waals surface area contributed by atoms with Gasteiger partial charge in [0.2, 0.25) is 0 Å². The number of hydrogen-bond acceptors (Lipinski definition) is 2. The second-order valence-corrected chi connectivity index (χ2v) is 6.31. The predicted molar refractivity (Wildman–Crippen MR) is 96.3 cm³/mol. The molecule has 0 aliphatic carbocycles. The van der Waals surface area contributed by atoms with Gasteiger partial charge in [0, 0.05) is 6.61 Å². The molecule has 1 unspecified atom stereocenters. The Hall–Kier alpha value is -1.80. The normalized spacial score (nSPS) is 13.6. The Bertz CT molecular complexity index is 640. The number of ether oxygens (including phenoxy) is 2. The zero-order valence-corrected chi connectivity index (χ0v) is 15.0. The smallest absolute Gasteiger partial charge is 0.130 e. The summed E-state index contributed by atoms with van der Waals surface area (Å²) in [7, 11) is 0. The molecule has 2 heteroatoms. The van der Waals surface area contributed by atoms with E-state index >= 15 is 0 Å². The molecule has 0 heterocycles. The van der Waals surface area contributed by atoms with Crippen molar-refractivity contribution in [1.29, 1.82) is 0 Å². The van der Waals surface area contributed by atoms with E-state index in [4.69, 9.17) is 9.47 Å². The van der Waals surface area contributed by atoms with E-state index < -0.39 is 0 Å². The minimum absolute atomic E-state index is 0.259. The van der Waals surface area contributed by atoms with Gasteiger partial charge in [-0.25, -0.2) is 0 Å². The molecule has 0 saturated carbocycles. The summed E-state index contributed by atoms with van der Waals surface area (Å²) in [6.07, 6.45) is 2.08. The van der Waals surface area contributed by atoms with Crippen molar-refractivity contribution < 1.29 is 9.47 Å². The van der Waals surface area contributed by atoms with Crippen molar-refractivity contribution >= 4 is 0 Å². The van der Waals surface area contributed by atoms with Crippen molar-refractivity contribution in [3.63, 3.8) is 0 Å². The van der Waals surface area contributed by atoms with Crippen LogP contribution >= 0.6 is 0 Å². The first kappa shape index (κ1) is 17.6. The molecular formula is C21H28O2. The number of rotatable bonds is 7. The molecule has 0 saturated heterocycles. The maximum absolute atomic E-state index is 6.13. The average Bonchev–Trinajstić information content (AvgIpc) is 2.52. The van der Waals surface area contributed by atoms with Gasteiger partial charge >= 0.3 is 0 Å². The van der Waals surface area contributed by atoms with Crippen LogP contribution in [0.4, 0.5) is 0 Å². The molecule has 1 atom stereocenters. The summed E-state index contributed by atoms with van der Waals surface area (Å²) in [4.78, 5) is 0. The highest BCUT2D eigenvalue weighted by Gasteiger charge is 2.26. The Balaban J connectivity index is 2.30. The van der Waals surface area contributed by atoms with Gasteiger partial charge in [-0.2, -0.15) is 0 Å². The molecule has 2 aromatic rings. The van der Waals surface area contributed by atoms with E-state index in [1.165, 1.54) is 11.1 Å². The minimum Gasteiger partial charge on any atom is -0.457 e. The van der Waals surface area contributed by atoms with Crippen molar-refractivity contribution in [1.82, 2.24) is 0 Å². The fraction of sp³-hybridized carbons (Fsp3) is 0.429. The fourth-order valence-corrected chi connectivity index (χ4v) is 2.93. The van der Waals surface area contributed by atoms with Crippen molar-refractivity contribution in [2.45, 2.75) is 53.1 Å². The molecule has 0 bridgehead atoms. The van der Waals surface area contributed by atoms with Gasteiger partial charge in [-0.1, -0.05) is 37.6 Å². The number of aryl methyl sites for hydroxylation is 2. The highest BCUT2D eigenvalue weighted by molar-refractivity contribution is 5.41. The summed E-state index contributed by atoms with van der Waals surface area (Å²) in [5.74, 6) is 1.77. The van der Waals surface area contributed by atoms with Crippen LogP contribution in [0, 0.1) is 13.8 Å². The molecule has 124 valence electrons. The van der Waals surface area contributed by atoms with Gasteiger partial charge in [0.1, 0.15) is 11.5 Å². The molecule has 0 aromatic heterocycles. The van der Waals surface area contributed by atoms with Gasteiger partial charge in [-0.3, -0.25) is 0 Å². The second kappa shape index (κ2) is 7.65. The lowest BCUT2D eigenvalue weighted by Crippen LogP contribution is -2.25. The first-order chi connectivity index (χ1) is 11.0. The molecule has 0 aliphatic heterocycles. The van der Waals surface area contributed by atoms with E-state index in [0.29, 0.717) is 6.61 Å². The van der Waals surface area contributed by atoms with E-state index in [2.05, 4.69) is 58.0 Å². The van der Waals surface area contributed by atoms with Crippen LogP contribution in [0.15, 0.2) is 42.5 Å². The Kier molecular flexibility index (Phi) is 5.84. The molecule has 0 fully saturated rings. The topological polar surface area (TPSA) is 18.5 Å². The van der Waals surface area contributed by atoms with Gasteiger partial charge in [-0.05, 0) is 69.0 Å². The zero-order chi connectivity index (χ0) is 16.9. The Morgan fingerprint density at radius 2 is 1.78 bits per heavy atom. The van der Waals surface area contributed by atoms with E-state index in [9.17, 15) is 0 Å². The standard InChI is InChI=1S/C21H28O2/c1-6-13-21(5,22-7-2)18-9-8-10-19(15-18)23-20-14-16(3)11-12-17(20)4/h8-12,14-15H,6-7,13H2,1-5H3. The van der Waals surface area contributed by atoms with Crippen molar-refractivity contribution in [3.8, 4) is 11.5 Å².